The third-order valence-corrected chi connectivity index (χ3v) is 3.12. The lowest BCUT2D eigenvalue weighted by molar-refractivity contribution is 0.241. The molecule has 1 aromatic rings. The minimum absolute atomic E-state index is 0.0446. The largest absolute Gasteiger partial charge is 0.505 e. The Labute approximate surface area is 103 Å². The molecule has 0 unspecified atom stereocenters. The number of nitrogens with one attached hydrogen (secondary N) is 1. The second-order valence-electron chi connectivity index (χ2n) is 4.33. The number of phenolic OH excluding ortho intramolecular Hbond substituents is 1. The van der Waals surface area contributed by atoms with Crippen LogP contribution >= 0.6 is 0 Å². The van der Waals surface area contributed by atoms with E-state index in [0.29, 0.717) is 12.6 Å². The Morgan fingerprint density at radius 3 is 2.50 bits per heavy atom. The van der Waals surface area contributed by atoms with Crippen molar-refractivity contribution < 1.29 is 18.3 Å². The third kappa shape index (κ3) is 2.76. The average Bonchev–Trinajstić information content (AvgIpc) is 2.38. The van der Waals surface area contributed by atoms with Crippen molar-refractivity contribution in [3.63, 3.8) is 0 Å². The highest BCUT2D eigenvalue weighted by Crippen LogP contribution is 2.25. The molecule has 3 nitrogen and oxygen atoms in total. The van der Waals surface area contributed by atoms with Crippen LogP contribution in [-0.2, 0) is 6.42 Å². The summed E-state index contributed by atoms with van der Waals surface area (Å²) < 4.78 is 40.0. The molecule has 2 rings (SSSR count). The first-order valence-corrected chi connectivity index (χ1v) is 5.88. The monoisotopic (exact) mass is 260 g/mol. The second-order valence-corrected chi connectivity index (χ2v) is 4.33. The minimum atomic E-state index is -1.22. The fourth-order valence-electron chi connectivity index (χ4n) is 2.07. The molecule has 0 amide bonds. The summed E-state index contributed by atoms with van der Waals surface area (Å²) in [6.07, 6.45) is 0.0446. The summed E-state index contributed by atoms with van der Waals surface area (Å²) in [6.45, 7) is 3.70. The molecule has 6 heteroatoms. The summed E-state index contributed by atoms with van der Waals surface area (Å²) in [4.78, 5) is 2.04. The van der Waals surface area contributed by atoms with E-state index in [0.717, 1.165) is 26.2 Å². The number of hydrogen-bond acceptors (Lipinski definition) is 3. The third-order valence-electron chi connectivity index (χ3n) is 3.12. The zero-order valence-electron chi connectivity index (χ0n) is 9.85. The van der Waals surface area contributed by atoms with Crippen LogP contribution in [0.15, 0.2) is 6.07 Å². The summed E-state index contributed by atoms with van der Waals surface area (Å²) in [7, 11) is 0. The summed E-state index contributed by atoms with van der Waals surface area (Å²) in [6, 6.07) is 0.457. The molecule has 1 fully saturated rings. The van der Waals surface area contributed by atoms with E-state index >= 15 is 0 Å². The molecule has 1 aromatic carbocycles. The molecule has 0 saturated carbocycles. The highest BCUT2D eigenvalue weighted by atomic mass is 19.2. The number of phenols is 1. The van der Waals surface area contributed by atoms with Gasteiger partial charge in [0.2, 0.25) is 0 Å². The van der Waals surface area contributed by atoms with Gasteiger partial charge in [0.05, 0.1) is 0 Å². The number of piperazine rings is 1. The van der Waals surface area contributed by atoms with Gasteiger partial charge in [0, 0.05) is 44.4 Å². The van der Waals surface area contributed by atoms with E-state index in [-0.39, 0.29) is 12.0 Å². The van der Waals surface area contributed by atoms with E-state index in [1.807, 2.05) is 4.90 Å². The molecule has 18 heavy (non-hydrogen) atoms. The SMILES string of the molecule is Oc1cc(F)c(F)c(CCN2CCNCC2)c1F. The van der Waals surface area contributed by atoms with Crippen LogP contribution in [0.2, 0.25) is 0 Å². The van der Waals surface area contributed by atoms with Crippen molar-refractivity contribution in [2.45, 2.75) is 6.42 Å². The average molecular weight is 260 g/mol. The highest BCUT2D eigenvalue weighted by Gasteiger charge is 2.19. The molecular weight excluding hydrogens is 245 g/mol. The fourth-order valence-corrected chi connectivity index (χ4v) is 2.07. The van der Waals surface area contributed by atoms with Gasteiger partial charge in [-0.3, -0.25) is 0 Å². The summed E-state index contributed by atoms with van der Waals surface area (Å²) in [5.41, 5.74) is -0.383. The van der Waals surface area contributed by atoms with Gasteiger partial charge >= 0.3 is 0 Å². The van der Waals surface area contributed by atoms with E-state index in [2.05, 4.69) is 5.32 Å². The molecule has 2 N–H and O–H groups in total. The van der Waals surface area contributed by atoms with Crippen LogP contribution in [0.4, 0.5) is 13.2 Å². The first-order valence-electron chi connectivity index (χ1n) is 5.88. The maximum absolute atomic E-state index is 13.5. The number of aromatic hydroxyl groups is 1. The lowest BCUT2D eigenvalue weighted by Crippen LogP contribution is -2.44. The normalized spacial score (nSPS) is 17.1. The van der Waals surface area contributed by atoms with E-state index in [9.17, 15) is 13.2 Å². The Morgan fingerprint density at radius 2 is 1.83 bits per heavy atom. The van der Waals surface area contributed by atoms with Crippen molar-refractivity contribution in [1.82, 2.24) is 10.2 Å². The van der Waals surface area contributed by atoms with E-state index in [1.54, 1.807) is 0 Å². The first kappa shape index (κ1) is 13.2. The Hall–Kier alpha value is -1.27. The van der Waals surface area contributed by atoms with E-state index in [1.165, 1.54) is 0 Å². The van der Waals surface area contributed by atoms with Gasteiger partial charge in [-0.15, -0.1) is 0 Å². The van der Waals surface area contributed by atoms with Gasteiger partial charge in [0.15, 0.2) is 23.2 Å². The second kappa shape index (κ2) is 5.58. The van der Waals surface area contributed by atoms with Crippen molar-refractivity contribution in [2.24, 2.45) is 0 Å². The minimum Gasteiger partial charge on any atom is -0.505 e. The number of nitrogens with zero attached hydrogens (tertiary/aromatic N) is 1. The van der Waals surface area contributed by atoms with Crippen LogP contribution in [0.5, 0.6) is 5.75 Å². The zero-order valence-corrected chi connectivity index (χ0v) is 9.85. The van der Waals surface area contributed by atoms with Gasteiger partial charge in [-0.25, -0.2) is 13.2 Å². The molecule has 0 bridgehead atoms. The molecule has 0 spiro atoms. The summed E-state index contributed by atoms with van der Waals surface area (Å²) in [5.74, 6) is -4.34. The molecule has 100 valence electrons. The Kier molecular flexibility index (Phi) is 4.08. The lowest BCUT2D eigenvalue weighted by Gasteiger charge is -2.27. The van der Waals surface area contributed by atoms with Gasteiger partial charge < -0.3 is 15.3 Å². The summed E-state index contributed by atoms with van der Waals surface area (Å²) in [5, 5.41) is 12.3. The van der Waals surface area contributed by atoms with Crippen molar-refractivity contribution in [1.29, 1.82) is 0 Å². The molecule has 0 aliphatic carbocycles. The molecule has 0 radical (unpaired) electrons. The number of rotatable bonds is 3. The first-order chi connectivity index (χ1) is 8.59. The van der Waals surface area contributed by atoms with Gasteiger partial charge in [0.25, 0.3) is 0 Å². The number of hydrogen-bond donors (Lipinski definition) is 2. The van der Waals surface area contributed by atoms with Crippen molar-refractivity contribution in [3.05, 3.63) is 29.1 Å². The maximum Gasteiger partial charge on any atom is 0.171 e. The number of halogens is 3. The van der Waals surface area contributed by atoms with Crippen LogP contribution in [0.3, 0.4) is 0 Å². The quantitative estimate of drug-likeness (QED) is 0.803. The van der Waals surface area contributed by atoms with E-state index < -0.39 is 23.2 Å². The standard InChI is InChI=1S/C12H15F3N2O/c13-9-7-10(18)12(15)8(11(9)14)1-4-17-5-2-16-3-6-17/h7,16,18H,1-6H2. The van der Waals surface area contributed by atoms with Crippen LogP contribution in [0.1, 0.15) is 5.56 Å². The van der Waals surface area contributed by atoms with Crippen LogP contribution < -0.4 is 5.32 Å². The zero-order chi connectivity index (χ0) is 13.1. The van der Waals surface area contributed by atoms with Gasteiger partial charge in [-0.05, 0) is 6.42 Å². The maximum atomic E-state index is 13.5. The predicted molar refractivity (Wildman–Crippen MR) is 61.0 cm³/mol. The van der Waals surface area contributed by atoms with Gasteiger partial charge in [-0.2, -0.15) is 0 Å². The van der Waals surface area contributed by atoms with Crippen LogP contribution in [-0.4, -0.2) is 42.7 Å². The fraction of sp³-hybridized carbons (Fsp3) is 0.500. The summed E-state index contributed by atoms with van der Waals surface area (Å²) >= 11 is 0. The highest BCUT2D eigenvalue weighted by molar-refractivity contribution is 5.32. The number of benzene rings is 1. The molecule has 0 atom stereocenters. The van der Waals surface area contributed by atoms with Crippen molar-refractivity contribution in [3.8, 4) is 5.75 Å². The Balaban J connectivity index is 2.08. The van der Waals surface area contributed by atoms with Crippen molar-refractivity contribution >= 4 is 0 Å². The van der Waals surface area contributed by atoms with Crippen LogP contribution in [0.25, 0.3) is 0 Å². The Bertz CT molecular complexity index is 408. The van der Waals surface area contributed by atoms with Crippen molar-refractivity contribution in [2.75, 3.05) is 32.7 Å². The molecule has 1 aliphatic rings. The van der Waals surface area contributed by atoms with E-state index in [4.69, 9.17) is 5.11 Å². The molecule has 1 heterocycles. The molecule has 0 aromatic heterocycles. The van der Waals surface area contributed by atoms with Gasteiger partial charge in [-0.1, -0.05) is 0 Å². The molecule has 1 aliphatic heterocycles. The predicted octanol–water partition coefficient (Wildman–Crippen LogP) is 1.26. The lowest BCUT2D eigenvalue weighted by atomic mass is 10.1. The molecular formula is C12H15F3N2O. The van der Waals surface area contributed by atoms with Crippen LogP contribution in [0, 0.1) is 17.5 Å². The molecule has 1 saturated heterocycles. The van der Waals surface area contributed by atoms with Gasteiger partial charge in [0.1, 0.15) is 0 Å². The smallest absolute Gasteiger partial charge is 0.171 e. The topological polar surface area (TPSA) is 35.5 Å². The Morgan fingerprint density at radius 1 is 1.17 bits per heavy atom.